The predicted molar refractivity (Wildman–Crippen MR) is 54.7 cm³/mol. The Labute approximate surface area is 94.2 Å². The summed E-state index contributed by atoms with van der Waals surface area (Å²) >= 11 is -0.228. The van der Waals surface area contributed by atoms with E-state index < -0.39 is 0 Å². The maximum atomic E-state index is 11.0. The monoisotopic (exact) mass is 242 g/mol. The van der Waals surface area contributed by atoms with Gasteiger partial charge in [0.25, 0.3) is 0 Å². The van der Waals surface area contributed by atoms with Gasteiger partial charge in [0, 0.05) is 0 Å². The zero-order valence-corrected chi connectivity index (χ0v) is 9.15. The summed E-state index contributed by atoms with van der Waals surface area (Å²) in [6, 6.07) is 7.77. The minimum atomic E-state index is -0.228. The molecule has 0 aromatic heterocycles. The van der Waals surface area contributed by atoms with E-state index in [2.05, 4.69) is 6.58 Å². The molecule has 0 bridgehead atoms. The minimum absolute atomic E-state index is 0.228. The Morgan fingerprint density at radius 1 is 1.40 bits per heavy atom. The molecule has 0 unspecified atom stereocenters. The van der Waals surface area contributed by atoms with E-state index in [0.29, 0.717) is 12.2 Å². The van der Waals surface area contributed by atoms with E-state index in [1.807, 2.05) is 24.3 Å². The summed E-state index contributed by atoms with van der Waals surface area (Å²) in [6.07, 6.45) is 4.06. The number of benzene rings is 1. The predicted octanol–water partition coefficient (Wildman–Crippen LogP) is 2.29. The summed E-state index contributed by atoms with van der Waals surface area (Å²) in [7, 11) is 0. The van der Waals surface area contributed by atoms with Gasteiger partial charge in [-0.05, 0) is 0 Å². The topological polar surface area (TPSA) is 26.3 Å². The fourth-order valence-corrected chi connectivity index (χ4v) is 2.01. The van der Waals surface area contributed by atoms with Crippen molar-refractivity contribution in [2.45, 2.75) is 6.42 Å². The van der Waals surface area contributed by atoms with E-state index in [0.717, 1.165) is 15.7 Å². The van der Waals surface area contributed by atoms with Gasteiger partial charge >= 0.3 is 93.9 Å². The van der Waals surface area contributed by atoms with E-state index in [1.165, 1.54) is 0 Å². The van der Waals surface area contributed by atoms with Gasteiger partial charge in [-0.1, -0.05) is 0 Å². The van der Waals surface area contributed by atoms with Crippen LogP contribution in [0.4, 0.5) is 0 Å². The van der Waals surface area contributed by atoms with Gasteiger partial charge in [-0.3, -0.25) is 0 Å². The third kappa shape index (κ3) is 2.04. The average molecular weight is 242 g/mol. The van der Waals surface area contributed by atoms with Crippen molar-refractivity contribution in [2.75, 3.05) is 0 Å². The fraction of sp³-hybridized carbons (Fsp3) is 0.0833. The first-order valence-corrected chi connectivity index (χ1v) is 5.55. The van der Waals surface area contributed by atoms with Crippen LogP contribution in [0.2, 0.25) is 0 Å². The Bertz CT molecular complexity index is 482. The molecule has 2 rings (SSSR count). The molecule has 0 saturated carbocycles. The molecule has 0 fully saturated rings. The van der Waals surface area contributed by atoms with E-state index >= 15 is 0 Å². The molecule has 0 aliphatic carbocycles. The molecule has 0 atom stereocenters. The quantitative estimate of drug-likeness (QED) is 0.706. The van der Waals surface area contributed by atoms with Crippen LogP contribution >= 0.6 is 0 Å². The second-order valence-corrected chi connectivity index (χ2v) is 4.01. The molecule has 0 radical (unpaired) electrons. The zero-order valence-electron chi connectivity index (χ0n) is 8.05. The first kappa shape index (κ1) is 10.2. The van der Waals surface area contributed by atoms with Crippen LogP contribution in [0.25, 0.3) is 0 Å². The zero-order chi connectivity index (χ0) is 10.7. The van der Waals surface area contributed by atoms with Crippen LogP contribution in [0.1, 0.15) is 5.56 Å². The summed E-state index contributed by atoms with van der Waals surface area (Å²) in [5, 5.41) is 0. The Morgan fingerprint density at radius 2 is 2.20 bits per heavy atom. The molecule has 15 heavy (non-hydrogen) atoms. The van der Waals surface area contributed by atoms with Gasteiger partial charge in [0.2, 0.25) is 0 Å². The van der Waals surface area contributed by atoms with Crippen LogP contribution in [0.5, 0.6) is 5.75 Å². The summed E-state index contributed by atoms with van der Waals surface area (Å²) in [6.45, 7) is 3.61. The fourth-order valence-electron chi connectivity index (χ4n) is 1.46. The number of fused-ring (bicyclic) bond motifs is 1. The van der Waals surface area contributed by atoms with Gasteiger partial charge in [0.05, 0.1) is 0 Å². The average Bonchev–Trinajstić information content (AvgIpc) is 2.28. The van der Waals surface area contributed by atoms with E-state index in [4.69, 9.17) is 4.74 Å². The van der Waals surface area contributed by atoms with Crippen LogP contribution in [-0.4, -0.2) is 4.42 Å². The number of hydrogen-bond donors (Lipinski definition) is 0. The van der Waals surface area contributed by atoms with Crippen molar-refractivity contribution in [3.63, 3.8) is 0 Å². The molecule has 78 valence electrons. The first-order chi connectivity index (χ1) is 7.35. The summed E-state index contributed by atoms with van der Waals surface area (Å²) in [5.74, 6) is 1.49. The van der Waals surface area contributed by atoms with E-state index in [9.17, 15) is 3.83 Å². The summed E-state index contributed by atoms with van der Waals surface area (Å²) < 4.78 is 17.4. The molecule has 0 amide bonds. The van der Waals surface area contributed by atoms with Crippen LogP contribution in [0, 0.1) is 0 Å². The molecule has 0 spiro atoms. The van der Waals surface area contributed by atoms with E-state index in [-0.39, 0.29) is 14.5 Å². The summed E-state index contributed by atoms with van der Waals surface area (Å²) in [4.78, 5) is 0. The molecule has 1 aliphatic rings. The number of hydrogen-bond acceptors (Lipinski definition) is 2. The van der Waals surface area contributed by atoms with Crippen molar-refractivity contribution in [3.05, 3.63) is 54.3 Å². The van der Waals surface area contributed by atoms with Gasteiger partial charge in [0.15, 0.2) is 0 Å². The SMILES string of the molecule is C=C/C=C1/Oc2ccccc2C[C]1=[Fe]=[O]. The Morgan fingerprint density at radius 3 is 2.93 bits per heavy atom. The van der Waals surface area contributed by atoms with Gasteiger partial charge in [0.1, 0.15) is 0 Å². The Balaban J connectivity index is 2.48. The number of para-hydroxylation sites is 1. The molecular weight excluding hydrogens is 232 g/mol. The normalized spacial score (nSPS) is 17.1. The van der Waals surface area contributed by atoms with Crippen LogP contribution in [-0.2, 0) is 24.7 Å². The standard InChI is InChI=1S/C12H10O.Fe.O/c1-2-5-11-9-8-10-6-3-4-7-12(10)13-11;;/h2-7H,1,8H2;;/b11-5+;;. The Hall–Kier alpha value is -1.31. The van der Waals surface area contributed by atoms with Crippen molar-refractivity contribution < 1.29 is 23.0 Å². The van der Waals surface area contributed by atoms with Crippen molar-refractivity contribution in [1.82, 2.24) is 0 Å². The van der Waals surface area contributed by atoms with Gasteiger partial charge in [-0.15, -0.1) is 0 Å². The first-order valence-electron chi connectivity index (χ1n) is 4.54. The third-order valence-corrected chi connectivity index (χ3v) is 2.89. The van der Waals surface area contributed by atoms with Crippen LogP contribution in [0.15, 0.2) is 48.8 Å². The van der Waals surface area contributed by atoms with Crippen molar-refractivity contribution in [3.8, 4) is 5.75 Å². The number of ether oxygens (including phenoxy) is 1. The molecule has 0 saturated heterocycles. The number of allylic oxidation sites excluding steroid dienone is 3. The van der Waals surface area contributed by atoms with Crippen LogP contribution < -0.4 is 4.74 Å². The maximum absolute atomic E-state index is 11.0. The molecule has 1 aliphatic heterocycles. The Kier molecular flexibility index (Phi) is 3.05. The van der Waals surface area contributed by atoms with Gasteiger partial charge < -0.3 is 0 Å². The molecule has 2 nitrogen and oxygen atoms in total. The molecular formula is C12H10FeO2. The molecule has 0 N–H and O–H groups in total. The second-order valence-electron chi connectivity index (χ2n) is 3.12. The molecule has 1 heterocycles. The summed E-state index contributed by atoms with van der Waals surface area (Å²) in [5.41, 5.74) is 1.07. The number of rotatable bonds is 1. The van der Waals surface area contributed by atoms with Crippen molar-refractivity contribution in [2.24, 2.45) is 0 Å². The van der Waals surface area contributed by atoms with Crippen LogP contribution in [0.3, 0.4) is 0 Å². The molecule has 1 aromatic rings. The van der Waals surface area contributed by atoms with Gasteiger partial charge in [-0.2, -0.15) is 0 Å². The van der Waals surface area contributed by atoms with Crippen molar-refractivity contribution in [1.29, 1.82) is 0 Å². The third-order valence-electron chi connectivity index (χ3n) is 2.15. The van der Waals surface area contributed by atoms with Crippen molar-refractivity contribution >= 4 is 4.42 Å². The van der Waals surface area contributed by atoms with E-state index in [1.54, 1.807) is 12.2 Å². The van der Waals surface area contributed by atoms with Gasteiger partial charge in [-0.25, -0.2) is 0 Å². The second kappa shape index (κ2) is 4.47. The molecule has 3 heteroatoms. The molecule has 1 aromatic carbocycles.